The van der Waals surface area contributed by atoms with E-state index in [4.69, 9.17) is 14.3 Å². The van der Waals surface area contributed by atoms with E-state index < -0.39 is 29.2 Å². The van der Waals surface area contributed by atoms with E-state index in [0.717, 1.165) is 15.6 Å². The lowest BCUT2D eigenvalue weighted by molar-refractivity contribution is 0.0523. The number of ether oxygens (including phenoxy) is 2. The van der Waals surface area contributed by atoms with Crippen molar-refractivity contribution in [2.75, 3.05) is 45.2 Å². The first-order valence-corrected chi connectivity index (χ1v) is 16.3. The summed E-state index contributed by atoms with van der Waals surface area (Å²) >= 11 is 3.55. The third kappa shape index (κ3) is 9.58. The van der Waals surface area contributed by atoms with Crippen molar-refractivity contribution in [3.05, 3.63) is 97.9 Å². The van der Waals surface area contributed by atoms with Gasteiger partial charge in [0.15, 0.2) is 17.4 Å². The number of para-hydroxylation sites is 2. The van der Waals surface area contributed by atoms with Gasteiger partial charge in [0.05, 0.1) is 18.5 Å². The zero-order valence-corrected chi connectivity index (χ0v) is 29.8. The van der Waals surface area contributed by atoms with Gasteiger partial charge in [-0.05, 0) is 88.8 Å². The first kappa shape index (κ1) is 36.4. The van der Waals surface area contributed by atoms with Crippen molar-refractivity contribution in [3.8, 4) is 11.4 Å². The second-order valence-corrected chi connectivity index (χ2v) is 13.1. The smallest absolute Gasteiger partial charge is 0.407 e. The van der Waals surface area contributed by atoms with E-state index in [1.54, 1.807) is 63.2 Å². The number of nitrogens with zero attached hydrogens (tertiary/aromatic N) is 3. The number of likely N-dealkylation sites (N-methyl/N-ethyl adjacent to an activating group) is 1. The van der Waals surface area contributed by atoms with E-state index in [0.29, 0.717) is 30.0 Å². The van der Waals surface area contributed by atoms with Gasteiger partial charge >= 0.3 is 11.8 Å². The van der Waals surface area contributed by atoms with Crippen molar-refractivity contribution in [2.45, 2.75) is 52.3 Å². The maximum absolute atomic E-state index is 16.4. The summed E-state index contributed by atoms with van der Waals surface area (Å²) in [6.45, 7) is 8.37. The molecular weight excluding hydrogens is 685 g/mol. The maximum Gasteiger partial charge on any atom is 0.407 e. The van der Waals surface area contributed by atoms with Crippen LogP contribution in [0.15, 0.2) is 63.9 Å². The lowest BCUT2D eigenvalue weighted by Gasteiger charge is -2.22. The van der Waals surface area contributed by atoms with Crippen LogP contribution in [-0.4, -0.2) is 65.7 Å². The minimum Gasteiger partial charge on any atom is -0.489 e. The standard InChI is InChI=1S/C34H43BrFN7O5/c1-8-21-17-24(29(36)28(18-21)47-16-15-42(5)6)30(31-39-32(44)43(40-31)27-12-10-9-11-26(27)41-46-7)38-23-13-14-25(35)22(19-23)20-37-33(45)48-34(2,3)4/h9-14,17-19,30,38,41H,8,15-16,20H2,1-7H3,(H,37,45)(H,39,40,44). The lowest BCUT2D eigenvalue weighted by atomic mass is 10.00. The van der Waals surface area contributed by atoms with Gasteiger partial charge in [-0.1, -0.05) is 41.1 Å². The zero-order chi connectivity index (χ0) is 35.0. The summed E-state index contributed by atoms with van der Waals surface area (Å²) in [5.74, 6) is -0.313. The number of halogens is 2. The Labute approximate surface area is 288 Å². The Balaban J connectivity index is 1.79. The summed E-state index contributed by atoms with van der Waals surface area (Å²) in [4.78, 5) is 35.6. The number of H-pyrrole nitrogens is 1. The highest BCUT2D eigenvalue weighted by molar-refractivity contribution is 9.10. The molecule has 1 unspecified atom stereocenters. The van der Waals surface area contributed by atoms with Gasteiger partial charge in [-0.2, -0.15) is 4.68 Å². The summed E-state index contributed by atoms with van der Waals surface area (Å²) in [5.41, 5.74) is 4.91. The lowest BCUT2D eigenvalue weighted by Crippen LogP contribution is -2.32. The topological polar surface area (TPSA) is 135 Å². The number of aryl methyl sites for hydroxylation is 1. The van der Waals surface area contributed by atoms with Crippen LogP contribution in [0.3, 0.4) is 0 Å². The molecule has 0 fully saturated rings. The van der Waals surface area contributed by atoms with Gasteiger partial charge in [0, 0.05) is 28.8 Å². The molecule has 1 atom stereocenters. The number of aromatic nitrogens is 3. The first-order chi connectivity index (χ1) is 22.8. The molecule has 0 spiro atoms. The number of rotatable bonds is 14. The first-order valence-electron chi connectivity index (χ1n) is 15.5. The highest BCUT2D eigenvalue weighted by atomic mass is 79.9. The van der Waals surface area contributed by atoms with Crippen molar-refractivity contribution in [3.63, 3.8) is 0 Å². The molecule has 0 saturated carbocycles. The SMILES string of the molecule is CCc1cc(OCCN(C)C)c(F)c(C(Nc2ccc(Br)c(CNC(=O)OC(C)(C)C)c2)c2nn(-c3ccccc3NOC)c(=O)[nH]2)c1. The van der Waals surface area contributed by atoms with Crippen molar-refractivity contribution < 1.29 is 23.5 Å². The monoisotopic (exact) mass is 727 g/mol. The fraction of sp³-hybridized carbons (Fsp3) is 0.382. The molecule has 0 radical (unpaired) electrons. The number of nitrogens with one attached hydrogen (secondary N) is 4. The summed E-state index contributed by atoms with van der Waals surface area (Å²) in [5, 5.41) is 10.8. The van der Waals surface area contributed by atoms with Crippen LogP contribution >= 0.6 is 15.9 Å². The molecule has 1 amide bonds. The van der Waals surface area contributed by atoms with Crippen LogP contribution in [0.4, 0.5) is 20.6 Å². The molecule has 0 aliphatic rings. The quantitative estimate of drug-likeness (QED) is 0.113. The fourth-order valence-corrected chi connectivity index (χ4v) is 5.15. The Morgan fingerprint density at radius 1 is 1.15 bits per heavy atom. The Kier molecular flexibility index (Phi) is 12.2. The van der Waals surface area contributed by atoms with E-state index in [-0.39, 0.29) is 30.3 Å². The van der Waals surface area contributed by atoms with Crippen molar-refractivity contribution in [2.24, 2.45) is 0 Å². The van der Waals surface area contributed by atoms with Gasteiger partial charge in [0.1, 0.15) is 18.2 Å². The molecule has 0 saturated heterocycles. The molecule has 48 heavy (non-hydrogen) atoms. The van der Waals surface area contributed by atoms with Crippen LogP contribution in [-0.2, 0) is 22.5 Å². The van der Waals surface area contributed by atoms with Crippen LogP contribution in [0.2, 0.25) is 0 Å². The van der Waals surface area contributed by atoms with Gasteiger partial charge < -0.3 is 25.0 Å². The minimum atomic E-state index is -0.961. The van der Waals surface area contributed by atoms with Crippen LogP contribution in [0.5, 0.6) is 5.75 Å². The van der Waals surface area contributed by atoms with Gasteiger partial charge in [0.2, 0.25) is 0 Å². The van der Waals surface area contributed by atoms with E-state index in [1.165, 1.54) is 11.8 Å². The zero-order valence-electron chi connectivity index (χ0n) is 28.2. The number of carbonyl (C=O) groups excluding carboxylic acids is 1. The molecule has 1 aromatic heterocycles. The van der Waals surface area contributed by atoms with Crippen molar-refractivity contribution in [1.82, 2.24) is 25.0 Å². The van der Waals surface area contributed by atoms with Crippen molar-refractivity contribution >= 4 is 33.4 Å². The van der Waals surface area contributed by atoms with E-state index in [1.807, 2.05) is 38.1 Å². The predicted octanol–water partition coefficient (Wildman–Crippen LogP) is 6.16. The van der Waals surface area contributed by atoms with Gasteiger partial charge in [0.25, 0.3) is 0 Å². The second kappa shape index (κ2) is 16.1. The fourth-order valence-electron chi connectivity index (χ4n) is 4.77. The molecule has 14 heteroatoms. The molecule has 0 aliphatic carbocycles. The summed E-state index contributed by atoms with van der Waals surface area (Å²) in [6, 6.07) is 14.9. The summed E-state index contributed by atoms with van der Waals surface area (Å²) in [6.07, 6.45) is 0.0568. The van der Waals surface area contributed by atoms with E-state index in [9.17, 15) is 9.59 Å². The Morgan fingerprint density at radius 3 is 2.58 bits per heavy atom. The molecule has 1 heterocycles. The highest BCUT2D eigenvalue weighted by Crippen LogP contribution is 2.34. The number of hydrogen-bond acceptors (Lipinski definition) is 9. The summed E-state index contributed by atoms with van der Waals surface area (Å²) < 4.78 is 29.7. The summed E-state index contributed by atoms with van der Waals surface area (Å²) in [7, 11) is 5.29. The number of hydrogen-bond donors (Lipinski definition) is 4. The van der Waals surface area contributed by atoms with E-state index >= 15 is 4.39 Å². The third-order valence-electron chi connectivity index (χ3n) is 7.07. The molecule has 4 rings (SSSR count). The van der Waals surface area contributed by atoms with Gasteiger partial charge in [-0.3, -0.25) is 15.3 Å². The highest BCUT2D eigenvalue weighted by Gasteiger charge is 2.27. The third-order valence-corrected chi connectivity index (χ3v) is 7.85. The number of amides is 1. The molecule has 0 aliphatic heterocycles. The average molecular weight is 729 g/mol. The number of aromatic amines is 1. The van der Waals surface area contributed by atoms with Gasteiger partial charge in [-0.15, -0.1) is 5.10 Å². The van der Waals surface area contributed by atoms with Crippen LogP contribution in [0.25, 0.3) is 5.69 Å². The largest absolute Gasteiger partial charge is 0.489 e. The van der Waals surface area contributed by atoms with E-state index in [2.05, 4.69) is 42.1 Å². The van der Waals surface area contributed by atoms with Crippen molar-refractivity contribution in [1.29, 1.82) is 0 Å². The molecular formula is C34H43BrFN7O5. The molecule has 3 aromatic carbocycles. The number of anilines is 2. The molecule has 4 N–H and O–H groups in total. The second-order valence-electron chi connectivity index (χ2n) is 12.3. The number of carbonyl (C=O) groups is 1. The molecule has 258 valence electrons. The normalized spacial score (nSPS) is 12.1. The minimum absolute atomic E-state index is 0.104. The predicted molar refractivity (Wildman–Crippen MR) is 187 cm³/mol. The molecule has 0 bridgehead atoms. The number of benzene rings is 3. The van der Waals surface area contributed by atoms with Crippen LogP contribution in [0, 0.1) is 5.82 Å². The maximum atomic E-state index is 16.4. The molecule has 12 nitrogen and oxygen atoms in total. The van der Waals surface area contributed by atoms with Crippen LogP contribution < -0.4 is 26.5 Å². The Hall–Kier alpha value is -4.40. The Morgan fingerprint density at radius 2 is 1.90 bits per heavy atom. The number of alkyl carbamates (subject to hydrolysis) is 1. The average Bonchev–Trinajstić information content (AvgIpc) is 3.41. The van der Waals surface area contributed by atoms with Crippen LogP contribution in [0.1, 0.15) is 56.3 Å². The molecule has 4 aromatic rings. The Bertz CT molecular complexity index is 1770. The van der Waals surface area contributed by atoms with Gasteiger partial charge in [-0.25, -0.2) is 14.0 Å².